The fourth-order valence-corrected chi connectivity index (χ4v) is 3.21. The first-order chi connectivity index (χ1) is 14.0. The summed E-state index contributed by atoms with van der Waals surface area (Å²) in [7, 11) is 0. The van der Waals surface area contributed by atoms with Crippen molar-refractivity contribution in [3.63, 3.8) is 0 Å². The molecule has 1 aliphatic carbocycles. The Bertz CT molecular complexity index is 956. The molecule has 2 aromatic carbocycles. The van der Waals surface area contributed by atoms with Gasteiger partial charge in [0.1, 0.15) is 0 Å². The summed E-state index contributed by atoms with van der Waals surface area (Å²) < 4.78 is 1.66. The Morgan fingerprint density at radius 3 is 2.31 bits per heavy atom. The number of carboxylic acid groups (broad SMARTS) is 1. The lowest BCUT2D eigenvalue weighted by Gasteiger charge is -2.22. The van der Waals surface area contributed by atoms with Crippen molar-refractivity contribution >= 4 is 11.9 Å². The van der Waals surface area contributed by atoms with E-state index in [0.717, 1.165) is 24.1 Å². The standard InChI is InChI=1S/C22H22N4O3/c1-15(22(28)29)14-25(17-12-13-17)21(27)19-23-20(16-8-4-2-5-9-16)26(24-19)18-10-6-3-7-11-18/h2-11,15,17H,12-14H2,1H3,(H,28,29). The van der Waals surface area contributed by atoms with E-state index >= 15 is 0 Å². The Morgan fingerprint density at radius 1 is 1.10 bits per heavy atom. The van der Waals surface area contributed by atoms with Gasteiger partial charge in [-0.15, -0.1) is 5.10 Å². The molecule has 29 heavy (non-hydrogen) atoms. The number of carbonyl (C=O) groups excluding carboxylic acids is 1. The molecule has 1 atom stereocenters. The molecular formula is C22H22N4O3. The van der Waals surface area contributed by atoms with Gasteiger partial charge in [-0.2, -0.15) is 0 Å². The van der Waals surface area contributed by atoms with Crippen molar-refractivity contribution in [2.75, 3.05) is 6.54 Å². The summed E-state index contributed by atoms with van der Waals surface area (Å²) >= 11 is 0. The smallest absolute Gasteiger partial charge is 0.308 e. The second-order valence-corrected chi connectivity index (χ2v) is 7.30. The monoisotopic (exact) mass is 390 g/mol. The van der Waals surface area contributed by atoms with Crippen LogP contribution < -0.4 is 0 Å². The molecule has 1 aromatic heterocycles. The third-order valence-electron chi connectivity index (χ3n) is 4.97. The number of hydrogen-bond donors (Lipinski definition) is 1. The minimum Gasteiger partial charge on any atom is -0.481 e. The number of benzene rings is 2. The maximum absolute atomic E-state index is 13.2. The SMILES string of the molecule is CC(CN(C(=O)c1nc(-c2ccccc2)n(-c2ccccc2)n1)C1CC1)C(=O)O. The molecule has 0 aliphatic heterocycles. The van der Waals surface area contributed by atoms with Gasteiger partial charge >= 0.3 is 5.97 Å². The Morgan fingerprint density at radius 2 is 1.72 bits per heavy atom. The second kappa shape index (κ2) is 7.87. The Kier molecular flexibility index (Phi) is 5.12. The van der Waals surface area contributed by atoms with Crippen LogP contribution in [0, 0.1) is 5.92 Å². The van der Waals surface area contributed by atoms with E-state index < -0.39 is 11.9 Å². The molecule has 0 spiro atoms. The van der Waals surface area contributed by atoms with Crippen LogP contribution in [0.5, 0.6) is 0 Å². The third-order valence-corrected chi connectivity index (χ3v) is 4.97. The van der Waals surface area contributed by atoms with Crippen molar-refractivity contribution in [2.24, 2.45) is 5.92 Å². The van der Waals surface area contributed by atoms with E-state index in [9.17, 15) is 14.7 Å². The summed E-state index contributed by atoms with van der Waals surface area (Å²) in [5.74, 6) is -1.24. The molecule has 4 rings (SSSR count). The lowest BCUT2D eigenvalue weighted by atomic mass is 10.1. The fourth-order valence-electron chi connectivity index (χ4n) is 3.21. The average Bonchev–Trinajstić information content (AvgIpc) is 3.49. The number of rotatable bonds is 7. The topological polar surface area (TPSA) is 88.3 Å². The second-order valence-electron chi connectivity index (χ2n) is 7.30. The van der Waals surface area contributed by atoms with Gasteiger partial charge in [0, 0.05) is 18.2 Å². The number of carboxylic acids is 1. The summed E-state index contributed by atoms with van der Waals surface area (Å²) in [4.78, 5) is 30.7. The average molecular weight is 390 g/mol. The van der Waals surface area contributed by atoms with Crippen LogP contribution >= 0.6 is 0 Å². The van der Waals surface area contributed by atoms with Gasteiger partial charge in [-0.25, -0.2) is 9.67 Å². The van der Waals surface area contributed by atoms with Gasteiger partial charge in [-0.3, -0.25) is 9.59 Å². The maximum atomic E-state index is 13.2. The Balaban J connectivity index is 1.73. The number of hydrogen-bond acceptors (Lipinski definition) is 4. The van der Waals surface area contributed by atoms with Gasteiger partial charge < -0.3 is 10.0 Å². The molecule has 1 amide bonds. The molecule has 1 unspecified atom stereocenters. The van der Waals surface area contributed by atoms with Crippen LogP contribution in [0.4, 0.5) is 0 Å². The van der Waals surface area contributed by atoms with Gasteiger partial charge in [0.2, 0.25) is 5.82 Å². The predicted molar refractivity (Wildman–Crippen MR) is 108 cm³/mol. The van der Waals surface area contributed by atoms with E-state index in [1.54, 1.807) is 16.5 Å². The number of amides is 1. The van der Waals surface area contributed by atoms with Crippen molar-refractivity contribution in [3.05, 3.63) is 66.5 Å². The molecule has 7 heteroatoms. The van der Waals surface area contributed by atoms with Gasteiger partial charge in [-0.1, -0.05) is 55.5 Å². The predicted octanol–water partition coefficient (Wildman–Crippen LogP) is 3.26. The molecule has 1 fully saturated rings. The van der Waals surface area contributed by atoms with Crippen molar-refractivity contribution < 1.29 is 14.7 Å². The molecule has 1 N–H and O–H groups in total. The third kappa shape index (κ3) is 4.03. The zero-order valence-corrected chi connectivity index (χ0v) is 16.1. The molecule has 0 bridgehead atoms. The van der Waals surface area contributed by atoms with Crippen molar-refractivity contribution in [1.82, 2.24) is 19.7 Å². The molecule has 0 saturated heterocycles. The number of carbonyl (C=O) groups is 2. The lowest BCUT2D eigenvalue weighted by molar-refractivity contribution is -0.141. The van der Waals surface area contributed by atoms with Crippen LogP contribution in [0.3, 0.4) is 0 Å². The van der Waals surface area contributed by atoms with Gasteiger partial charge in [0.05, 0.1) is 11.6 Å². The number of para-hydroxylation sites is 1. The van der Waals surface area contributed by atoms with Crippen LogP contribution in [0.2, 0.25) is 0 Å². The van der Waals surface area contributed by atoms with Crippen LogP contribution in [0.1, 0.15) is 30.4 Å². The highest BCUT2D eigenvalue weighted by Crippen LogP contribution is 2.29. The molecule has 7 nitrogen and oxygen atoms in total. The summed E-state index contributed by atoms with van der Waals surface area (Å²) in [6.07, 6.45) is 1.76. The van der Waals surface area contributed by atoms with Crippen LogP contribution in [-0.2, 0) is 4.79 Å². The molecule has 3 aromatic rings. The van der Waals surface area contributed by atoms with Crippen LogP contribution in [-0.4, -0.2) is 49.2 Å². The molecule has 1 saturated carbocycles. The number of aromatic nitrogens is 3. The number of nitrogens with zero attached hydrogens (tertiary/aromatic N) is 4. The van der Waals surface area contributed by atoms with Crippen molar-refractivity contribution in [1.29, 1.82) is 0 Å². The van der Waals surface area contributed by atoms with E-state index in [2.05, 4.69) is 10.1 Å². The number of aliphatic carboxylic acids is 1. The van der Waals surface area contributed by atoms with E-state index in [1.807, 2.05) is 60.7 Å². The first-order valence-corrected chi connectivity index (χ1v) is 9.66. The first kappa shape index (κ1) is 18.9. The summed E-state index contributed by atoms with van der Waals surface area (Å²) in [6, 6.07) is 19.2. The van der Waals surface area contributed by atoms with E-state index in [0.29, 0.717) is 5.82 Å². The zero-order valence-electron chi connectivity index (χ0n) is 16.1. The van der Waals surface area contributed by atoms with Gasteiger partial charge in [0.25, 0.3) is 5.91 Å². The van der Waals surface area contributed by atoms with Crippen molar-refractivity contribution in [3.8, 4) is 17.1 Å². The van der Waals surface area contributed by atoms with Crippen LogP contribution in [0.15, 0.2) is 60.7 Å². The first-order valence-electron chi connectivity index (χ1n) is 9.66. The Hall–Kier alpha value is -3.48. The summed E-state index contributed by atoms with van der Waals surface area (Å²) in [5, 5.41) is 13.8. The van der Waals surface area contributed by atoms with Crippen molar-refractivity contribution in [2.45, 2.75) is 25.8 Å². The fraction of sp³-hybridized carbons (Fsp3) is 0.273. The van der Waals surface area contributed by atoms with Gasteiger partial charge in [0.15, 0.2) is 5.82 Å². The molecular weight excluding hydrogens is 368 g/mol. The molecule has 0 radical (unpaired) electrons. The highest BCUT2D eigenvalue weighted by atomic mass is 16.4. The minimum absolute atomic E-state index is 0.0631. The quantitative estimate of drug-likeness (QED) is 0.669. The minimum atomic E-state index is -0.920. The molecule has 1 aliphatic rings. The lowest BCUT2D eigenvalue weighted by Crippen LogP contribution is -2.39. The Labute approximate surface area is 168 Å². The van der Waals surface area contributed by atoms with Crippen LogP contribution in [0.25, 0.3) is 17.1 Å². The normalized spacial score (nSPS) is 14.4. The summed E-state index contributed by atoms with van der Waals surface area (Å²) in [5.41, 5.74) is 1.65. The highest BCUT2D eigenvalue weighted by Gasteiger charge is 2.36. The molecule has 1 heterocycles. The highest BCUT2D eigenvalue weighted by molar-refractivity contribution is 5.92. The van der Waals surface area contributed by atoms with E-state index in [-0.39, 0.29) is 24.3 Å². The molecule has 148 valence electrons. The van der Waals surface area contributed by atoms with E-state index in [4.69, 9.17) is 0 Å². The van der Waals surface area contributed by atoms with Gasteiger partial charge in [-0.05, 0) is 25.0 Å². The summed E-state index contributed by atoms with van der Waals surface area (Å²) in [6.45, 7) is 1.76. The van der Waals surface area contributed by atoms with E-state index in [1.165, 1.54) is 0 Å². The maximum Gasteiger partial charge on any atom is 0.308 e. The zero-order chi connectivity index (χ0) is 20.4. The largest absolute Gasteiger partial charge is 0.481 e.